The Morgan fingerprint density at radius 2 is 1.64 bits per heavy atom. The lowest BCUT2D eigenvalue weighted by Gasteiger charge is -2.27. The molecule has 22 heteroatoms. The summed E-state index contributed by atoms with van der Waals surface area (Å²) in [7, 11) is 0. The zero-order valence-corrected chi connectivity index (χ0v) is 37.8. The van der Waals surface area contributed by atoms with Crippen molar-refractivity contribution in [2.45, 2.75) is 78.1 Å². The number of unbranched alkanes of at least 4 members (excludes halogenated alkanes) is 1. The first kappa shape index (κ1) is 50.4. The van der Waals surface area contributed by atoms with E-state index in [1.807, 2.05) is 24.3 Å². The number of aromatic nitrogens is 3. The summed E-state index contributed by atoms with van der Waals surface area (Å²) in [6.07, 6.45) is 2.26. The first-order valence-electron chi connectivity index (χ1n) is 22.3. The van der Waals surface area contributed by atoms with E-state index in [1.165, 1.54) is 0 Å². The first-order chi connectivity index (χ1) is 31.9. The number of nitrogens with two attached hydrogens (primary N) is 2. The van der Waals surface area contributed by atoms with E-state index in [-0.39, 0.29) is 37.3 Å². The molecule has 11 N–H and O–H groups in total. The monoisotopic (exact) mass is 917 g/mol. The third-order valence-electron chi connectivity index (χ3n) is 10.7. The van der Waals surface area contributed by atoms with E-state index in [1.54, 1.807) is 43.0 Å². The fraction of sp³-hybridized carbons (Fsp3) is 0.500. The van der Waals surface area contributed by atoms with Crippen molar-refractivity contribution in [3.05, 3.63) is 59.9 Å². The van der Waals surface area contributed by atoms with Gasteiger partial charge in [0.05, 0.1) is 24.2 Å². The average molecular weight is 918 g/mol. The topological polar surface area (TPSA) is 300 Å². The lowest BCUT2D eigenvalue weighted by molar-refractivity contribution is -0.133. The van der Waals surface area contributed by atoms with E-state index in [9.17, 15) is 28.8 Å². The van der Waals surface area contributed by atoms with E-state index in [4.69, 9.17) is 31.1 Å². The summed E-state index contributed by atoms with van der Waals surface area (Å²) < 4.78 is 13.7. The maximum atomic E-state index is 13.5. The SMILES string of the molecule is CCCCc1nc2c(NC(=O)OCc3ccc(NC(=O)[C@@H](CCCNC(N)=O)NC(=O)C(NC(=O)CON)C(C)C)cc3)nc3ccccc3c2n1CCOCCNC(=O)N1CCNCC1. The number of imidazole rings is 1. The van der Waals surface area contributed by atoms with Crippen molar-refractivity contribution in [3.8, 4) is 0 Å². The Hall–Kier alpha value is -6.62. The van der Waals surface area contributed by atoms with Crippen molar-refractivity contribution in [2.75, 3.05) is 69.7 Å². The standard InChI is InChI=1S/C44H63N13O9/c1-4-5-12-34-53-37-38(57(34)23-25-64-24-20-49-43(62)56-21-18-47-19-22-56)31-9-6-7-10-32(31)51-39(37)55-44(63)65-26-29-13-15-30(16-14-29)50-40(59)33(11-8-17-48-42(45)61)52-41(60)36(28(2)3)54-35(58)27-66-46/h6-7,9-10,13-16,28,33,36,47H,4-5,8,11-12,17-27,46H2,1-3H3,(H,49,62)(H,50,59)(H,52,60)(H,54,58)(H3,45,48,61)(H,51,55,63)/t33-,36?/m1/s1. The van der Waals surface area contributed by atoms with Crippen LogP contribution in [0.5, 0.6) is 0 Å². The Morgan fingerprint density at radius 1 is 0.879 bits per heavy atom. The highest BCUT2D eigenvalue weighted by Crippen LogP contribution is 2.31. The fourth-order valence-electron chi connectivity index (χ4n) is 7.27. The van der Waals surface area contributed by atoms with Gasteiger partial charge >= 0.3 is 18.2 Å². The number of anilines is 2. The summed E-state index contributed by atoms with van der Waals surface area (Å²) in [4.78, 5) is 91.8. The van der Waals surface area contributed by atoms with Crippen molar-refractivity contribution in [2.24, 2.45) is 17.5 Å². The summed E-state index contributed by atoms with van der Waals surface area (Å²) in [5, 5.41) is 20.3. The Bertz CT molecular complexity index is 2270. The molecule has 22 nitrogen and oxygen atoms in total. The van der Waals surface area contributed by atoms with Crippen LogP contribution in [0, 0.1) is 5.92 Å². The minimum Gasteiger partial charge on any atom is -0.444 e. The summed E-state index contributed by atoms with van der Waals surface area (Å²) in [5.74, 6) is 4.00. The van der Waals surface area contributed by atoms with Crippen LogP contribution >= 0.6 is 0 Å². The van der Waals surface area contributed by atoms with Crippen molar-refractivity contribution < 1.29 is 43.1 Å². The van der Waals surface area contributed by atoms with Gasteiger partial charge in [-0.2, -0.15) is 0 Å². The van der Waals surface area contributed by atoms with Gasteiger partial charge < -0.3 is 56.6 Å². The van der Waals surface area contributed by atoms with E-state index in [2.05, 4.69) is 53.5 Å². The second-order valence-corrected chi connectivity index (χ2v) is 16.0. The molecule has 8 amide bonds. The summed E-state index contributed by atoms with van der Waals surface area (Å²) >= 11 is 0. The first-order valence-corrected chi connectivity index (χ1v) is 22.3. The molecule has 0 spiro atoms. The lowest BCUT2D eigenvalue weighted by atomic mass is 10.0. The molecule has 358 valence electrons. The van der Waals surface area contributed by atoms with Crippen LogP contribution in [0.25, 0.3) is 21.9 Å². The number of hydrogen-bond donors (Lipinski definition) is 9. The maximum Gasteiger partial charge on any atom is 0.413 e. The van der Waals surface area contributed by atoms with Gasteiger partial charge in [0.25, 0.3) is 0 Å². The Labute approximate surface area is 382 Å². The van der Waals surface area contributed by atoms with Gasteiger partial charge in [-0.15, -0.1) is 0 Å². The number of fused-ring (bicyclic) bond motifs is 3. The van der Waals surface area contributed by atoms with Crippen molar-refractivity contribution in [1.29, 1.82) is 0 Å². The molecule has 1 unspecified atom stereocenters. The third-order valence-corrected chi connectivity index (χ3v) is 10.7. The number of piperazine rings is 1. The predicted octanol–water partition coefficient (Wildman–Crippen LogP) is 2.21. The van der Waals surface area contributed by atoms with Gasteiger partial charge in [0.15, 0.2) is 5.82 Å². The van der Waals surface area contributed by atoms with Gasteiger partial charge in [-0.05, 0) is 48.9 Å². The number of carbonyl (C=O) groups is 6. The number of hydrogen-bond acceptors (Lipinski definition) is 13. The number of para-hydroxylation sites is 1. The van der Waals surface area contributed by atoms with Gasteiger partial charge in [-0.25, -0.2) is 30.2 Å². The number of ether oxygens (including phenoxy) is 2. The Kier molecular flexibility index (Phi) is 19.7. The van der Waals surface area contributed by atoms with Crippen LogP contribution in [0.4, 0.5) is 25.9 Å². The molecule has 2 atom stereocenters. The van der Waals surface area contributed by atoms with Crippen LogP contribution in [-0.2, 0) is 48.3 Å². The highest BCUT2D eigenvalue weighted by atomic mass is 16.6. The minimum atomic E-state index is -1.05. The average Bonchev–Trinajstić information content (AvgIpc) is 3.68. The van der Waals surface area contributed by atoms with E-state index >= 15 is 0 Å². The maximum absolute atomic E-state index is 13.5. The number of pyridine rings is 1. The van der Waals surface area contributed by atoms with Gasteiger partial charge in [-0.3, -0.25) is 24.5 Å². The van der Waals surface area contributed by atoms with Crippen molar-refractivity contribution in [1.82, 2.24) is 46.0 Å². The van der Waals surface area contributed by atoms with Crippen molar-refractivity contribution in [3.63, 3.8) is 0 Å². The zero-order valence-electron chi connectivity index (χ0n) is 37.8. The summed E-state index contributed by atoms with van der Waals surface area (Å²) in [6.45, 7) is 9.67. The number of nitrogens with zero attached hydrogens (tertiary/aromatic N) is 4. The normalized spacial score (nSPS) is 13.5. The molecule has 1 saturated heterocycles. The number of rotatable bonds is 24. The number of carbonyl (C=O) groups excluding carboxylic acids is 6. The zero-order chi connectivity index (χ0) is 47.4. The molecule has 4 aromatic rings. The molecule has 5 rings (SSSR count). The van der Waals surface area contributed by atoms with E-state index < -0.39 is 48.5 Å². The highest BCUT2D eigenvalue weighted by Gasteiger charge is 2.29. The number of aryl methyl sites for hydroxylation is 1. The van der Waals surface area contributed by atoms with Gasteiger partial charge in [0.1, 0.15) is 36.6 Å². The van der Waals surface area contributed by atoms with Crippen LogP contribution in [0.15, 0.2) is 48.5 Å². The van der Waals surface area contributed by atoms with Gasteiger partial charge in [-0.1, -0.05) is 57.5 Å². The molecule has 2 aromatic carbocycles. The van der Waals surface area contributed by atoms with E-state index in [0.29, 0.717) is 74.5 Å². The number of amides is 8. The highest BCUT2D eigenvalue weighted by molar-refractivity contribution is 6.09. The smallest absolute Gasteiger partial charge is 0.413 e. The van der Waals surface area contributed by atoms with Crippen LogP contribution in [0.3, 0.4) is 0 Å². The summed E-state index contributed by atoms with van der Waals surface area (Å²) in [5.41, 5.74) is 8.18. The molecule has 1 fully saturated rings. The molecular weight excluding hydrogens is 855 g/mol. The molecule has 0 radical (unpaired) electrons. The molecular formula is C44H63N13O9. The molecule has 1 aliphatic rings. The number of nitrogens with one attached hydrogen (secondary N) is 7. The van der Waals surface area contributed by atoms with Gasteiger partial charge in [0, 0.05) is 63.3 Å². The number of primary amides is 1. The third kappa shape index (κ3) is 15.0. The molecule has 1 aliphatic heterocycles. The van der Waals surface area contributed by atoms with Crippen LogP contribution in [-0.4, -0.2) is 126 Å². The summed E-state index contributed by atoms with van der Waals surface area (Å²) in [6, 6.07) is 11.4. The largest absolute Gasteiger partial charge is 0.444 e. The lowest BCUT2D eigenvalue weighted by Crippen LogP contribution is -2.55. The minimum absolute atomic E-state index is 0.0962. The number of benzene rings is 2. The van der Waals surface area contributed by atoms with Crippen molar-refractivity contribution >= 4 is 69.3 Å². The fourth-order valence-corrected chi connectivity index (χ4v) is 7.27. The van der Waals surface area contributed by atoms with E-state index in [0.717, 1.165) is 42.7 Å². The molecule has 0 aliphatic carbocycles. The van der Waals surface area contributed by atoms with Crippen LogP contribution < -0.4 is 48.8 Å². The Balaban J connectivity index is 1.21. The molecule has 3 heterocycles. The van der Waals surface area contributed by atoms with Gasteiger partial charge in [0.2, 0.25) is 17.7 Å². The molecule has 0 bridgehead atoms. The predicted molar refractivity (Wildman–Crippen MR) is 247 cm³/mol. The van der Waals surface area contributed by atoms with Crippen LogP contribution in [0.1, 0.15) is 57.8 Å². The number of urea groups is 2. The Morgan fingerprint density at radius 3 is 2.35 bits per heavy atom. The second kappa shape index (κ2) is 25.8. The molecule has 0 saturated carbocycles. The quantitative estimate of drug-likeness (QED) is 0.0360. The van der Waals surface area contributed by atoms with Crippen LogP contribution in [0.2, 0.25) is 0 Å². The molecule has 66 heavy (non-hydrogen) atoms. The molecule has 2 aromatic heterocycles. The second-order valence-electron chi connectivity index (χ2n) is 16.0.